The molecule has 1 unspecified atom stereocenters. The zero-order valence-electron chi connectivity index (χ0n) is 15.0. The summed E-state index contributed by atoms with van der Waals surface area (Å²) >= 11 is 6.35. The van der Waals surface area contributed by atoms with Crippen LogP contribution in [0.2, 0.25) is 5.02 Å². The molecular weight excluding hydrogens is 406 g/mol. The maximum Gasteiger partial charge on any atom is 0.269 e. The smallest absolute Gasteiger partial charge is 0.269 e. The molecule has 10 heteroatoms. The molecule has 0 bridgehead atoms. The van der Waals surface area contributed by atoms with E-state index in [1.807, 2.05) is 18.2 Å². The standard InChI is InChI=1S/C18H20ClN3O5S/c19-17-4-2-1-3-16(17)18(21-9-11-27-12-10-21)13-20-28(25,26)15-7-5-14(6-8-15)22(23)24/h1-8,18,20H,9-13H2. The molecule has 2 aromatic carbocycles. The number of benzene rings is 2. The van der Waals surface area contributed by atoms with E-state index in [0.717, 1.165) is 5.56 Å². The third kappa shape index (κ3) is 4.86. The van der Waals surface area contributed by atoms with Gasteiger partial charge in [0, 0.05) is 42.8 Å². The molecule has 3 rings (SSSR count). The fraction of sp³-hybridized carbons (Fsp3) is 0.333. The second-order valence-corrected chi connectivity index (χ2v) is 8.46. The third-order valence-electron chi connectivity index (χ3n) is 4.58. The van der Waals surface area contributed by atoms with Crippen LogP contribution in [-0.2, 0) is 14.8 Å². The summed E-state index contributed by atoms with van der Waals surface area (Å²) in [6.45, 7) is 2.57. The first-order valence-electron chi connectivity index (χ1n) is 8.69. The lowest BCUT2D eigenvalue weighted by molar-refractivity contribution is -0.384. The Morgan fingerprint density at radius 1 is 1.14 bits per heavy atom. The van der Waals surface area contributed by atoms with Crippen LogP contribution < -0.4 is 4.72 Å². The number of nitro groups is 1. The molecule has 8 nitrogen and oxygen atoms in total. The summed E-state index contributed by atoms with van der Waals surface area (Å²) in [6, 6.07) is 11.9. The number of non-ortho nitro benzene ring substituents is 1. The number of nitro benzene ring substituents is 1. The monoisotopic (exact) mass is 425 g/mol. The Morgan fingerprint density at radius 3 is 2.39 bits per heavy atom. The summed E-state index contributed by atoms with van der Waals surface area (Å²) in [5.74, 6) is 0. The molecule has 1 fully saturated rings. The second kappa shape index (κ2) is 8.97. The Hall–Kier alpha value is -2.04. The summed E-state index contributed by atoms with van der Waals surface area (Å²) < 4.78 is 33.3. The van der Waals surface area contributed by atoms with E-state index in [9.17, 15) is 18.5 Å². The number of hydrogen-bond donors (Lipinski definition) is 1. The van der Waals surface area contributed by atoms with Crippen LogP contribution in [0.5, 0.6) is 0 Å². The fourth-order valence-electron chi connectivity index (χ4n) is 3.09. The number of halogens is 1. The molecule has 1 atom stereocenters. The Morgan fingerprint density at radius 2 is 1.79 bits per heavy atom. The van der Waals surface area contributed by atoms with Crippen molar-refractivity contribution in [2.24, 2.45) is 0 Å². The summed E-state index contributed by atoms with van der Waals surface area (Å²) in [4.78, 5) is 12.3. The number of hydrogen-bond acceptors (Lipinski definition) is 6. The zero-order valence-corrected chi connectivity index (χ0v) is 16.5. The minimum absolute atomic E-state index is 0.0296. The minimum atomic E-state index is -3.83. The highest BCUT2D eigenvalue weighted by Crippen LogP contribution is 2.28. The SMILES string of the molecule is O=[N+]([O-])c1ccc(S(=O)(=O)NCC(c2ccccc2Cl)N2CCOCC2)cc1. The fourth-order valence-corrected chi connectivity index (χ4v) is 4.39. The Bertz CT molecular complexity index is 930. The number of rotatable bonds is 7. The molecule has 1 aliphatic rings. The molecule has 0 saturated carbocycles. The van der Waals surface area contributed by atoms with Crippen LogP contribution in [0.3, 0.4) is 0 Å². The average Bonchev–Trinajstić information content (AvgIpc) is 2.70. The van der Waals surface area contributed by atoms with Crippen molar-refractivity contribution in [1.82, 2.24) is 9.62 Å². The molecule has 1 N–H and O–H groups in total. The summed E-state index contributed by atoms with van der Waals surface area (Å²) in [5.41, 5.74) is 0.665. The van der Waals surface area contributed by atoms with Crippen molar-refractivity contribution in [3.05, 3.63) is 69.2 Å². The maximum atomic E-state index is 12.7. The maximum absolute atomic E-state index is 12.7. The Kier molecular flexibility index (Phi) is 6.63. The van der Waals surface area contributed by atoms with Gasteiger partial charge >= 0.3 is 0 Å². The van der Waals surface area contributed by atoms with Gasteiger partial charge in [0.2, 0.25) is 10.0 Å². The molecule has 0 radical (unpaired) electrons. The van der Waals surface area contributed by atoms with Gasteiger partial charge < -0.3 is 4.74 Å². The van der Waals surface area contributed by atoms with Crippen molar-refractivity contribution in [2.75, 3.05) is 32.8 Å². The predicted molar refractivity (Wildman–Crippen MR) is 105 cm³/mol. The molecule has 1 aliphatic heterocycles. The highest BCUT2D eigenvalue weighted by molar-refractivity contribution is 7.89. The van der Waals surface area contributed by atoms with Gasteiger partial charge in [0.1, 0.15) is 0 Å². The lowest BCUT2D eigenvalue weighted by Gasteiger charge is -2.35. The van der Waals surface area contributed by atoms with Crippen LogP contribution in [0, 0.1) is 10.1 Å². The third-order valence-corrected chi connectivity index (χ3v) is 6.36. The number of nitrogens with zero attached hydrogens (tertiary/aromatic N) is 2. The first-order chi connectivity index (χ1) is 13.4. The van der Waals surface area contributed by atoms with Gasteiger partial charge in [-0.05, 0) is 23.8 Å². The van der Waals surface area contributed by atoms with Crippen molar-refractivity contribution in [3.8, 4) is 0 Å². The van der Waals surface area contributed by atoms with Gasteiger partial charge in [0.05, 0.1) is 23.0 Å². The van der Waals surface area contributed by atoms with E-state index < -0.39 is 14.9 Å². The lowest BCUT2D eigenvalue weighted by atomic mass is 10.0. The molecule has 2 aromatic rings. The van der Waals surface area contributed by atoms with E-state index in [1.165, 1.54) is 24.3 Å². The highest BCUT2D eigenvalue weighted by atomic mass is 35.5. The summed E-state index contributed by atoms with van der Waals surface area (Å²) in [7, 11) is -3.83. The van der Waals surface area contributed by atoms with E-state index in [4.69, 9.17) is 16.3 Å². The molecule has 1 saturated heterocycles. The van der Waals surface area contributed by atoms with Crippen LogP contribution in [0.15, 0.2) is 53.4 Å². The number of morpholine rings is 1. The van der Waals surface area contributed by atoms with Crippen LogP contribution in [0.1, 0.15) is 11.6 Å². The number of nitrogens with one attached hydrogen (secondary N) is 1. The molecular formula is C18H20ClN3O5S. The van der Waals surface area contributed by atoms with E-state index in [1.54, 1.807) is 6.07 Å². The van der Waals surface area contributed by atoms with Crippen molar-refractivity contribution >= 4 is 27.3 Å². The second-order valence-electron chi connectivity index (χ2n) is 6.29. The van der Waals surface area contributed by atoms with E-state index >= 15 is 0 Å². The molecule has 0 amide bonds. The van der Waals surface area contributed by atoms with Crippen LogP contribution in [-0.4, -0.2) is 51.1 Å². The molecule has 0 spiro atoms. The first kappa shape index (κ1) is 20.7. The molecule has 1 heterocycles. The van der Waals surface area contributed by atoms with Gasteiger partial charge in [-0.3, -0.25) is 15.0 Å². The van der Waals surface area contributed by atoms with Crippen LogP contribution in [0.25, 0.3) is 0 Å². The van der Waals surface area contributed by atoms with Crippen molar-refractivity contribution in [2.45, 2.75) is 10.9 Å². The topological polar surface area (TPSA) is 102 Å². The number of sulfonamides is 1. The van der Waals surface area contributed by atoms with Crippen LogP contribution in [0.4, 0.5) is 5.69 Å². The van der Waals surface area contributed by atoms with Crippen molar-refractivity contribution in [1.29, 1.82) is 0 Å². The highest BCUT2D eigenvalue weighted by Gasteiger charge is 2.26. The molecule has 150 valence electrons. The minimum Gasteiger partial charge on any atom is -0.379 e. The predicted octanol–water partition coefficient (Wildman–Crippen LogP) is 2.60. The van der Waals surface area contributed by atoms with Crippen molar-refractivity contribution < 1.29 is 18.1 Å². The van der Waals surface area contributed by atoms with Gasteiger partial charge in [0.25, 0.3) is 5.69 Å². The Labute approximate surface area is 168 Å². The molecule has 28 heavy (non-hydrogen) atoms. The normalized spacial score (nSPS) is 16.6. The van der Waals surface area contributed by atoms with Gasteiger partial charge in [-0.1, -0.05) is 29.8 Å². The molecule has 0 aromatic heterocycles. The van der Waals surface area contributed by atoms with E-state index in [-0.39, 0.29) is 23.2 Å². The van der Waals surface area contributed by atoms with Gasteiger partial charge in [-0.2, -0.15) is 0 Å². The number of ether oxygens (including phenoxy) is 1. The van der Waals surface area contributed by atoms with Crippen molar-refractivity contribution in [3.63, 3.8) is 0 Å². The van der Waals surface area contributed by atoms with Gasteiger partial charge in [-0.15, -0.1) is 0 Å². The molecule has 0 aliphatic carbocycles. The van der Waals surface area contributed by atoms with E-state index in [0.29, 0.717) is 31.3 Å². The first-order valence-corrected chi connectivity index (χ1v) is 10.5. The van der Waals surface area contributed by atoms with Gasteiger partial charge in [0.15, 0.2) is 0 Å². The summed E-state index contributed by atoms with van der Waals surface area (Å²) in [5, 5.41) is 11.3. The van der Waals surface area contributed by atoms with E-state index in [2.05, 4.69) is 9.62 Å². The quantitative estimate of drug-likeness (QED) is 0.540. The lowest BCUT2D eigenvalue weighted by Crippen LogP contribution is -2.43. The Balaban J connectivity index is 1.80. The average molecular weight is 426 g/mol. The largest absolute Gasteiger partial charge is 0.379 e. The summed E-state index contributed by atoms with van der Waals surface area (Å²) in [6.07, 6.45) is 0. The van der Waals surface area contributed by atoms with Gasteiger partial charge in [-0.25, -0.2) is 13.1 Å². The zero-order chi connectivity index (χ0) is 20.1. The van der Waals surface area contributed by atoms with Crippen LogP contribution >= 0.6 is 11.6 Å².